The number of fused-ring (bicyclic) bond motifs is 1. The Kier molecular flexibility index (Phi) is 5.31. The number of rotatable bonds is 4. The van der Waals surface area contributed by atoms with E-state index in [2.05, 4.69) is 14.9 Å². The van der Waals surface area contributed by atoms with Gasteiger partial charge in [0.15, 0.2) is 5.78 Å². The lowest BCUT2D eigenvalue weighted by Crippen LogP contribution is -2.49. The van der Waals surface area contributed by atoms with Crippen molar-refractivity contribution in [3.8, 4) is 0 Å². The number of carbonyl (C=O) groups is 2. The molecule has 1 aromatic carbocycles. The lowest BCUT2D eigenvalue weighted by Gasteiger charge is -2.36. The van der Waals surface area contributed by atoms with Crippen LogP contribution in [0.15, 0.2) is 42.7 Å². The monoisotopic (exact) mass is 410 g/mol. The molecule has 0 bridgehead atoms. The first-order valence-electron chi connectivity index (χ1n) is 9.57. The van der Waals surface area contributed by atoms with Crippen LogP contribution in [0.1, 0.15) is 22.8 Å². The van der Waals surface area contributed by atoms with Crippen molar-refractivity contribution in [2.75, 3.05) is 31.1 Å². The Morgan fingerprint density at radius 2 is 1.90 bits per heavy atom. The number of pyridine rings is 1. The molecule has 2 aromatic heterocycles. The summed E-state index contributed by atoms with van der Waals surface area (Å²) in [5.41, 5.74) is 2.37. The van der Waals surface area contributed by atoms with Gasteiger partial charge in [-0.3, -0.25) is 9.59 Å². The van der Waals surface area contributed by atoms with E-state index in [1.165, 1.54) is 19.1 Å². The van der Waals surface area contributed by atoms with Crippen molar-refractivity contribution in [2.45, 2.75) is 6.92 Å². The Labute approximate surface area is 171 Å². The molecule has 154 valence electrons. The van der Waals surface area contributed by atoms with Crippen LogP contribution in [0.2, 0.25) is 0 Å². The van der Waals surface area contributed by atoms with Gasteiger partial charge in [0, 0.05) is 49.4 Å². The van der Waals surface area contributed by atoms with Gasteiger partial charge < -0.3 is 14.8 Å². The van der Waals surface area contributed by atoms with Gasteiger partial charge in [0.05, 0.1) is 17.4 Å². The van der Waals surface area contributed by atoms with Crippen molar-refractivity contribution >= 4 is 34.5 Å². The summed E-state index contributed by atoms with van der Waals surface area (Å²) in [6, 6.07) is 4.98. The minimum absolute atomic E-state index is 0.0353. The highest BCUT2D eigenvalue weighted by molar-refractivity contribution is 5.96. The van der Waals surface area contributed by atoms with E-state index in [1.54, 1.807) is 23.4 Å². The van der Waals surface area contributed by atoms with E-state index in [9.17, 15) is 18.4 Å². The van der Waals surface area contributed by atoms with Crippen LogP contribution in [0.5, 0.6) is 0 Å². The number of hydrogen-bond acceptors (Lipinski definition) is 4. The fourth-order valence-corrected chi connectivity index (χ4v) is 3.53. The molecule has 8 heteroatoms. The molecule has 0 saturated carbocycles. The highest BCUT2D eigenvalue weighted by atomic mass is 19.1. The van der Waals surface area contributed by atoms with Gasteiger partial charge in [-0.2, -0.15) is 0 Å². The number of anilines is 1. The van der Waals surface area contributed by atoms with Gasteiger partial charge in [-0.15, -0.1) is 0 Å². The van der Waals surface area contributed by atoms with E-state index in [-0.39, 0.29) is 11.3 Å². The molecule has 1 amide bonds. The topological polar surface area (TPSA) is 69.3 Å². The maximum absolute atomic E-state index is 13.9. The molecule has 1 aliphatic heterocycles. The number of nitrogens with zero attached hydrogens (tertiary/aromatic N) is 3. The highest BCUT2D eigenvalue weighted by Crippen LogP contribution is 2.25. The second kappa shape index (κ2) is 8.06. The van der Waals surface area contributed by atoms with Gasteiger partial charge in [-0.25, -0.2) is 13.8 Å². The fraction of sp³-hybridized carbons (Fsp3) is 0.227. The van der Waals surface area contributed by atoms with E-state index in [4.69, 9.17) is 0 Å². The predicted molar refractivity (Wildman–Crippen MR) is 110 cm³/mol. The molecule has 0 radical (unpaired) electrons. The quantitative estimate of drug-likeness (QED) is 0.670. The van der Waals surface area contributed by atoms with Gasteiger partial charge in [0.25, 0.3) is 5.91 Å². The zero-order chi connectivity index (χ0) is 21.3. The Morgan fingerprint density at radius 1 is 1.13 bits per heavy atom. The molecule has 4 rings (SSSR count). The number of H-pyrrole nitrogens is 1. The second-order valence-corrected chi connectivity index (χ2v) is 7.18. The van der Waals surface area contributed by atoms with Crippen LogP contribution in [-0.2, 0) is 4.79 Å². The second-order valence-electron chi connectivity index (χ2n) is 7.18. The van der Waals surface area contributed by atoms with Crippen molar-refractivity contribution in [2.24, 2.45) is 0 Å². The Hall–Kier alpha value is -3.55. The average Bonchev–Trinajstić information content (AvgIpc) is 3.14. The number of carbonyl (C=O) groups excluding carboxylic acids is 2. The molecular weight excluding hydrogens is 390 g/mol. The molecule has 0 atom stereocenters. The van der Waals surface area contributed by atoms with E-state index in [1.807, 2.05) is 6.07 Å². The van der Waals surface area contributed by atoms with Crippen LogP contribution < -0.4 is 4.90 Å². The van der Waals surface area contributed by atoms with Crippen molar-refractivity contribution < 1.29 is 18.4 Å². The summed E-state index contributed by atoms with van der Waals surface area (Å²) in [6.07, 6.45) is 6.82. The number of aromatic amines is 1. The van der Waals surface area contributed by atoms with Crippen LogP contribution in [0, 0.1) is 11.6 Å². The number of allylic oxidation sites excluding steroid dienone is 1. The summed E-state index contributed by atoms with van der Waals surface area (Å²) in [6.45, 7) is 3.44. The first kappa shape index (κ1) is 19.8. The van der Waals surface area contributed by atoms with E-state index in [0.29, 0.717) is 26.2 Å². The number of piperazine rings is 1. The number of benzene rings is 1. The summed E-state index contributed by atoms with van der Waals surface area (Å²) in [7, 11) is 0. The number of amides is 1. The summed E-state index contributed by atoms with van der Waals surface area (Å²) in [5.74, 6) is -2.04. The standard InChI is InChI=1S/C22H20F2N4O2/c1-14(29)2-3-15-12-25-21-19(15)11-17(13-26-21)27-6-8-28(9-7-27)22(30)18-5-4-16(23)10-20(18)24/h2-5,10-13H,6-9H2,1H3,(H,25,26)/b3-2+. The Balaban J connectivity index is 1.48. The van der Waals surface area contributed by atoms with Gasteiger partial charge in [-0.05, 0) is 37.3 Å². The molecule has 0 unspecified atom stereocenters. The number of halogens is 2. The van der Waals surface area contributed by atoms with Gasteiger partial charge in [0.2, 0.25) is 0 Å². The SMILES string of the molecule is CC(=O)/C=C/c1c[nH]c2ncc(N3CCN(C(=O)c4ccc(F)cc4F)CC3)cc12. The number of hydrogen-bond donors (Lipinski definition) is 1. The van der Waals surface area contributed by atoms with Gasteiger partial charge in [-0.1, -0.05) is 0 Å². The van der Waals surface area contributed by atoms with E-state index < -0.39 is 17.5 Å². The zero-order valence-electron chi connectivity index (χ0n) is 16.4. The molecule has 1 aliphatic rings. The number of nitrogens with one attached hydrogen (secondary N) is 1. The molecule has 1 saturated heterocycles. The predicted octanol–water partition coefficient (Wildman–Crippen LogP) is 3.41. The molecule has 1 fully saturated rings. The highest BCUT2D eigenvalue weighted by Gasteiger charge is 2.25. The van der Waals surface area contributed by atoms with Gasteiger partial charge in [0.1, 0.15) is 17.3 Å². The van der Waals surface area contributed by atoms with E-state index >= 15 is 0 Å². The van der Waals surface area contributed by atoms with Gasteiger partial charge >= 0.3 is 0 Å². The maximum atomic E-state index is 13.9. The molecule has 6 nitrogen and oxygen atoms in total. The molecule has 3 heterocycles. The molecule has 0 aliphatic carbocycles. The fourth-order valence-electron chi connectivity index (χ4n) is 3.53. The smallest absolute Gasteiger partial charge is 0.256 e. The van der Waals surface area contributed by atoms with Crippen LogP contribution >= 0.6 is 0 Å². The summed E-state index contributed by atoms with van der Waals surface area (Å²) in [4.78, 5) is 35.0. The molecule has 1 N–H and O–H groups in total. The van der Waals surface area contributed by atoms with Crippen molar-refractivity contribution in [1.82, 2.24) is 14.9 Å². The minimum Gasteiger partial charge on any atom is -0.367 e. The molecule has 0 spiro atoms. The van der Waals surface area contributed by atoms with Crippen LogP contribution in [-0.4, -0.2) is 52.7 Å². The average molecular weight is 410 g/mol. The van der Waals surface area contributed by atoms with Crippen LogP contribution in [0.3, 0.4) is 0 Å². The van der Waals surface area contributed by atoms with Crippen LogP contribution in [0.4, 0.5) is 14.5 Å². The minimum atomic E-state index is -0.851. The first-order valence-corrected chi connectivity index (χ1v) is 9.57. The summed E-state index contributed by atoms with van der Waals surface area (Å²) < 4.78 is 27.0. The van der Waals surface area contributed by atoms with Crippen molar-refractivity contribution in [3.05, 3.63) is 65.5 Å². The Morgan fingerprint density at radius 3 is 2.60 bits per heavy atom. The number of aromatic nitrogens is 2. The molecule has 3 aromatic rings. The van der Waals surface area contributed by atoms with Crippen molar-refractivity contribution in [3.63, 3.8) is 0 Å². The van der Waals surface area contributed by atoms with Crippen LogP contribution in [0.25, 0.3) is 17.1 Å². The lowest BCUT2D eigenvalue weighted by molar-refractivity contribution is -0.112. The molecular formula is C22H20F2N4O2. The lowest BCUT2D eigenvalue weighted by atomic mass is 10.1. The molecule has 30 heavy (non-hydrogen) atoms. The number of ketones is 1. The van der Waals surface area contributed by atoms with Crippen molar-refractivity contribution in [1.29, 1.82) is 0 Å². The first-order chi connectivity index (χ1) is 14.4. The maximum Gasteiger partial charge on any atom is 0.256 e. The third-order valence-electron chi connectivity index (χ3n) is 5.14. The normalized spacial score (nSPS) is 14.6. The largest absolute Gasteiger partial charge is 0.367 e. The zero-order valence-corrected chi connectivity index (χ0v) is 16.4. The van der Waals surface area contributed by atoms with E-state index in [0.717, 1.165) is 34.4 Å². The Bertz CT molecular complexity index is 1150. The third-order valence-corrected chi connectivity index (χ3v) is 5.14. The summed E-state index contributed by atoms with van der Waals surface area (Å²) >= 11 is 0. The summed E-state index contributed by atoms with van der Waals surface area (Å²) in [5, 5.41) is 0.900. The third kappa shape index (κ3) is 3.94.